The molecule has 8 nitrogen and oxygen atoms in total. The second-order valence-electron chi connectivity index (χ2n) is 5.41. The largest absolute Gasteiger partial charge is 0.493 e. The number of methoxy groups -OCH3 is 2. The zero-order valence-corrected chi connectivity index (χ0v) is 14.0. The average molecular weight is 344 g/mol. The molecule has 0 saturated carbocycles. The van der Waals surface area contributed by atoms with Crippen molar-refractivity contribution in [3.63, 3.8) is 0 Å². The van der Waals surface area contributed by atoms with Crippen molar-refractivity contribution in [1.29, 1.82) is 0 Å². The van der Waals surface area contributed by atoms with Crippen molar-refractivity contribution in [1.82, 2.24) is 14.4 Å². The van der Waals surface area contributed by atoms with Gasteiger partial charge >= 0.3 is 0 Å². The number of aromatic nitrogens is 3. The third kappa shape index (κ3) is 3.49. The van der Waals surface area contributed by atoms with Crippen molar-refractivity contribution >= 4 is 11.6 Å². The minimum Gasteiger partial charge on any atom is -0.493 e. The van der Waals surface area contributed by atoms with Gasteiger partial charge in [0.05, 0.1) is 32.6 Å². The fourth-order valence-corrected chi connectivity index (χ4v) is 2.47. The van der Waals surface area contributed by atoms with E-state index in [9.17, 15) is 5.11 Å². The van der Waals surface area contributed by atoms with Crippen LogP contribution in [0.3, 0.4) is 0 Å². The van der Waals surface area contributed by atoms with Gasteiger partial charge in [-0.3, -0.25) is 4.40 Å². The molecule has 2 aromatic heterocycles. The lowest BCUT2D eigenvalue weighted by molar-refractivity contribution is 0.105. The summed E-state index contributed by atoms with van der Waals surface area (Å²) in [6.45, 7) is -0.151. The van der Waals surface area contributed by atoms with Crippen LogP contribution in [0.2, 0.25) is 0 Å². The highest BCUT2D eigenvalue weighted by molar-refractivity contribution is 5.68. The summed E-state index contributed by atoms with van der Waals surface area (Å²) in [5, 5.41) is 21.6. The van der Waals surface area contributed by atoms with E-state index in [-0.39, 0.29) is 13.2 Å². The predicted octanol–water partition coefficient (Wildman–Crippen LogP) is 1.18. The van der Waals surface area contributed by atoms with Gasteiger partial charge in [-0.2, -0.15) is 0 Å². The molecule has 0 amide bonds. The van der Waals surface area contributed by atoms with Crippen LogP contribution in [0.1, 0.15) is 0 Å². The van der Waals surface area contributed by atoms with Crippen LogP contribution in [0.25, 0.3) is 16.9 Å². The monoisotopic (exact) mass is 344 g/mol. The third-order valence-corrected chi connectivity index (χ3v) is 3.78. The zero-order chi connectivity index (χ0) is 17.8. The molecule has 3 aromatic rings. The summed E-state index contributed by atoms with van der Waals surface area (Å²) in [6.07, 6.45) is 2.57. The van der Waals surface area contributed by atoms with Gasteiger partial charge < -0.3 is 25.0 Å². The molecule has 0 aliphatic rings. The van der Waals surface area contributed by atoms with E-state index < -0.39 is 6.10 Å². The second-order valence-corrected chi connectivity index (χ2v) is 5.41. The number of nitrogens with zero attached hydrogens (tertiary/aromatic N) is 3. The van der Waals surface area contributed by atoms with Gasteiger partial charge in [0.2, 0.25) is 5.95 Å². The standard InChI is InChI=1S/C17H20N4O4/c1-24-14-4-3-11(7-15(14)25-2)13-8-16-18-5-6-21(16)17(20-13)19-9-12(23)10-22/h3-8,12,22-23H,9-10H2,1-2H3,(H,19,20). The Morgan fingerprint density at radius 1 is 1.20 bits per heavy atom. The summed E-state index contributed by atoms with van der Waals surface area (Å²) >= 11 is 0. The summed E-state index contributed by atoms with van der Waals surface area (Å²) in [7, 11) is 3.16. The Morgan fingerprint density at radius 2 is 2.00 bits per heavy atom. The molecule has 0 saturated heterocycles. The van der Waals surface area contributed by atoms with Crippen LogP contribution in [-0.2, 0) is 0 Å². The molecule has 3 N–H and O–H groups in total. The minimum atomic E-state index is -0.870. The molecule has 2 heterocycles. The topological polar surface area (TPSA) is 101 Å². The molecule has 1 unspecified atom stereocenters. The highest BCUT2D eigenvalue weighted by atomic mass is 16.5. The van der Waals surface area contributed by atoms with E-state index in [1.54, 1.807) is 31.0 Å². The number of aliphatic hydroxyl groups is 2. The van der Waals surface area contributed by atoms with Gasteiger partial charge in [0.1, 0.15) is 5.65 Å². The van der Waals surface area contributed by atoms with Gasteiger partial charge in [-0.15, -0.1) is 0 Å². The van der Waals surface area contributed by atoms with Crippen LogP contribution in [0, 0.1) is 0 Å². The number of nitrogens with one attached hydrogen (secondary N) is 1. The molecule has 0 spiro atoms. The first-order valence-electron chi connectivity index (χ1n) is 7.75. The molecule has 0 bridgehead atoms. The van der Waals surface area contributed by atoms with Crippen LogP contribution in [0.15, 0.2) is 36.7 Å². The smallest absolute Gasteiger partial charge is 0.209 e. The maximum Gasteiger partial charge on any atom is 0.209 e. The number of fused-ring (bicyclic) bond motifs is 1. The van der Waals surface area contributed by atoms with Crippen LogP contribution in [-0.4, -0.2) is 58.1 Å². The number of anilines is 1. The Labute approximate surface area is 144 Å². The van der Waals surface area contributed by atoms with Gasteiger partial charge in [-0.25, -0.2) is 9.97 Å². The first-order valence-corrected chi connectivity index (χ1v) is 7.75. The fraction of sp³-hybridized carbons (Fsp3) is 0.294. The first-order chi connectivity index (χ1) is 12.2. The van der Waals surface area contributed by atoms with Gasteiger partial charge in [0.15, 0.2) is 11.5 Å². The summed E-state index contributed by atoms with van der Waals surface area (Å²) in [6, 6.07) is 7.39. The molecule has 1 aromatic carbocycles. The highest BCUT2D eigenvalue weighted by Crippen LogP contribution is 2.32. The second kappa shape index (κ2) is 7.37. The summed E-state index contributed by atoms with van der Waals surface area (Å²) < 4.78 is 12.4. The van der Waals surface area contributed by atoms with E-state index in [0.29, 0.717) is 28.8 Å². The van der Waals surface area contributed by atoms with Gasteiger partial charge in [0.25, 0.3) is 0 Å². The Hall–Kier alpha value is -2.84. The Kier molecular flexibility index (Phi) is 5.01. The summed E-state index contributed by atoms with van der Waals surface area (Å²) in [5.41, 5.74) is 2.25. The molecule has 1 atom stereocenters. The number of hydrogen-bond acceptors (Lipinski definition) is 7. The summed E-state index contributed by atoms with van der Waals surface area (Å²) in [5.74, 6) is 1.76. The minimum absolute atomic E-state index is 0.173. The summed E-state index contributed by atoms with van der Waals surface area (Å²) in [4.78, 5) is 8.91. The van der Waals surface area contributed by atoms with E-state index in [0.717, 1.165) is 5.56 Å². The van der Waals surface area contributed by atoms with Gasteiger partial charge in [-0.05, 0) is 18.2 Å². The van der Waals surface area contributed by atoms with E-state index >= 15 is 0 Å². The molecule has 0 radical (unpaired) electrons. The van der Waals surface area contributed by atoms with Crippen LogP contribution in [0.5, 0.6) is 11.5 Å². The number of hydrogen-bond donors (Lipinski definition) is 3. The molecular formula is C17H20N4O4. The van der Waals surface area contributed by atoms with Gasteiger partial charge in [0, 0.05) is 30.6 Å². The number of benzene rings is 1. The molecule has 25 heavy (non-hydrogen) atoms. The third-order valence-electron chi connectivity index (χ3n) is 3.78. The van der Waals surface area contributed by atoms with E-state index in [1.165, 1.54) is 0 Å². The lowest BCUT2D eigenvalue weighted by Crippen LogP contribution is -2.24. The molecule has 0 aliphatic carbocycles. The Balaban J connectivity index is 2.02. The van der Waals surface area contributed by atoms with E-state index in [1.807, 2.05) is 24.3 Å². The van der Waals surface area contributed by atoms with E-state index in [2.05, 4.69) is 15.3 Å². The zero-order valence-electron chi connectivity index (χ0n) is 14.0. The number of imidazole rings is 1. The SMILES string of the molecule is COc1ccc(-c2cc3nccn3c(NCC(O)CO)n2)cc1OC. The molecule has 3 rings (SSSR count). The van der Waals surface area contributed by atoms with Crippen molar-refractivity contribution in [3.05, 3.63) is 36.7 Å². The predicted molar refractivity (Wildman–Crippen MR) is 93.1 cm³/mol. The lowest BCUT2D eigenvalue weighted by Gasteiger charge is -2.13. The molecule has 132 valence electrons. The van der Waals surface area contributed by atoms with Crippen molar-refractivity contribution in [2.45, 2.75) is 6.10 Å². The van der Waals surface area contributed by atoms with Crippen molar-refractivity contribution in [2.24, 2.45) is 0 Å². The molecule has 0 fully saturated rings. The molecular weight excluding hydrogens is 324 g/mol. The fourth-order valence-electron chi connectivity index (χ4n) is 2.47. The maximum absolute atomic E-state index is 9.56. The maximum atomic E-state index is 9.56. The average Bonchev–Trinajstić information content (AvgIpc) is 3.13. The first kappa shape index (κ1) is 17.0. The molecule has 8 heteroatoms. The van der Waals surface area contributed by atoms with Crippen LogP contribution < -0.4 is 14.8 Å². The van der Waals surface area contributed by atoms with Crippen molar-refractivity contribution in [2.75, 3.05) is 32.7 Å². The van der Waals surface area contributed by atoms with Crippen LogP contribution >= 0.6 is 0 Å². The normalized spacial score (nSPS) is 12.2. The Morgan fingerprint density at radius 3 is 2.72 bits per heavy atom. The van der Waals surface area contributed by atoms with Crippen molar-refractivity contribution < 1.29 is 19.7 Å². The number of ether oxygens (including phenoxy) is 2. The lowest BCUT2D eigenvalue weighted by atomic mass is 10.1. The van der Waals surface area contributed by atoms with Gasteiger partial charge in [-0.1, -0.05) is 0 Å². The number of rotatable bonds is 7. The Bertz CT molecular complexity index is 865. The van der Waals surface area contributed by atoms with Crippen molar-refractivity contribution in [3.8, 4) is 22.8 Å². The van der Waals surface area contributed by atoms with Crippen LogP contribution in [0.4, 0.5) is 5.95 Å². The number of aliphatic hydroxyl groups excluding tert-OH is 2. The quantitative estimate of drug-likeness (QED) is 0.591. The van der Waals surface area contributed by atoms with E-state index in [4.69, 9.17) is 14.6 Å². The molecule has 0 aliphatic heterocycles. The highest BCUT2D eigenvalue weighted by Gasteiger charge is 2.12.